The molecule has 1 N–H and O–H groups in total. The van der Waals surface area contributed by atoms with Gasteiger partial charge < -0.3 is 53.2 Å². The zero-order valence-corrected chi connectivity index (χ0v) is 84.3. The maximum atomic E-state index is 8.17. The summed E-state index contributed by atoms with van der Waals surface area (Å²) in [6.45, 7) is 33.2. The molecular formula is C131H107B3N8O3. The molecular weight excluding hydrogens is 1770 g/mol. The first-order chi connectivity index (χ1) is 70.4. The van der Waals surface area contributed by atoms with Gasteiger partial charge in [-0.25, -0.2) is 0 Å². The van der Waals surface area contributed by atoms with Crippen LogP contribution in [0.25, 0.3) is 43.9 Å². The highest BCUT2D eigenvalue weighted by Gasteiger charge is 2.53. The number of para-hydroxylation sites is 9. The molecule has 0 fully saturated rings. The number of hydrogen-bond acceptors (Lipinski definition) is 11. The first-order valence-corrected chi connectivity index (χ1v) is 50.9. The predicted molar refractivity (Wildman–Crippen MR) is 614 cm³/mol. The lowest BCUT2D eigenvalue weighted by atomic mass is 9.29. The number of anilines is 23. The molecule has 698 valence electrons. The number of benzene rings is 19. The van der Waals surface area contributed by atoms with Crippen molar-refractivity contribution in [2.45, 2.75) is 115 Å². The number of ether oxygens (including phenoxy) is 1. The average Bonchev–Trinajstić information content (AvgIpc) is 1.03. The number of furan rings is 2. The van der Waals surface area contributed by atoms with Gasteiger partial charge in [0.1, 0.15) is 33.8 Å². The van der Waals surface area contributed by atoms with E-state index >= 15 is 0 Å². The van der Waals surface area contributed by atoms with E-state index in [9.17, 15) is 0 Å². The lowest BCUT2D eigenvalue weighted by Gasteiger charge is -2.48. The van der Waals surface area contributed by atoms with Crippen LogP contribution in [0.4, 0.5) is 131 Å². The Morgan fingerprint density at radius 1 is 0.255 bits per heavy atom. The minimum Gasteiger partial charge on any atom is -0.457 e. The molecule has 0 saturated heterocycles. The number of fused-ring (bicyclic) bond motifs is 20. The van der Waals surface area contributed by atoms with Crippen LogP contribution in [0.15, 0.2) is 379 Å². The SMILES string of the molecule is Cc1cc(C)c(N2c3cc4c(cc3B3c5ccc6oc7c(C(C)(C)C)cccc7c6c5Oc5cc(N(c6ccccc6)c6ccccc6)cc2c53)B2c3cc5c(cc3N(c3c(C)cc(C)cc3C)c3cc(N(c6ccccc6)c6ccccc6)cc(c32)N4c2c(C)cc(C)cc2C)Nc2cc(N(c3ccccc3)c3ccccc3)cc3c2B5c2ccc4oc5c(C(C)(C)C)cccc5c4c2N3c2ccccc2)c(C)c1. The van der Waals surface area contributed by atoms with Crippen molar-refractivity contribution < 1.29 is 13.6 Å². The van der Waals surface area contributed by atoms with Crippen LogP contribution in [0.3, 0.4) is 0 Å². The monoisotopic (exact) mass is 1870 g/mol. The Kier molecular flexibility index (Phi) is 19.6. The molecule has 0 radical (unpaired) electrons. The molecule has 6 aliphatic heterocycles. The Morgan fingerprint density at radius 2 is 0.600 bits per heavy atom. The van der Waals surface area contributed by atoms with Crippen molar-refractivity contribution in [2.24, 2.45) is 0 Å². The third-order valence-electron chi connectivity index (χ3n) is 31.2. The summed E-state index contributed by atoms with van der Waals surface area (Å²) < 4.78 is 23.0. The first-order valence-electron chi connectivity index (χ1n) is 50.9. The van der Waals surface area contributed by atoms with E-state index in [0.29, 0.717) is 0 Å². The highest BCUT2D eigenvalue weighted by atomic mass is 16.5. The Bertz CT molecular complexity index is 8820. The van der Waals surface area contributed by atoms with Crippen LogP contribution >= 0.6 is 0 Å². The van der Waals surface area contributed by atoms with Crippen LogP contribution in [0.2, 0.25) is 0 Å². The summed E-state index contributed by atoms with van der Waals surface area (Å²) in [5.41, 5.74) is 50.3. The second-order valence-corrected chi connectivity index (χ2v) is 42.9. The van der Waals surface area contributed by atoms with E-state index < -0.39 is 13.4 Å². The maximum absolute atomic E-state index is 8.17. The van der Waals surface area contributed by atoms with Crippen LogP contribution in [0, 0.1) is 62.3 Å². The molecule has 0 amide bonds. The molecule has 145 heavy (non-hydrogen) atoms. The van der Waals surface area contributed by atoms with Gasteiger partial charge in [0.05, 0.1) is 50.6 Å². The summed E-state index contributed by atoms with van der Waals surface area (Å²) in [5.74, 6) is 1.56. The molecule has 0 saturated carbocycles. The molecule has 11 nitrogen and oxygen atoms in total. The third-order valence-corrected chi connectivity index (χ3v) is 31.2. The van der Waals surface area contributed by atoms with Gasteiger partial charge in [0.25, 0.3) is 20.1 Å². The number of nitrogens with one attached hydrogen (secondary N) is 1. The molecule has 21 aromatic rings. The van der Waals surface area contributed by atoms with E-state index in [2.05, 4.69) is 514 Å². The van der Waals surface area contributed by atoms with Crippen LogP contribution in [0.5, 0.6) is 11.5 Å². The summed E-state index contributed by atoms with van der Waals surface area (Å²) in [6.07, 6.45) is 0. The summed E-state index contributed by atoms with van der Waals surface area (Å²) in [6, 6.07) is 139. The van der Waals surface area contributed by atoms with Gasteiger partial charge in [-0.3, -0.25) is 0 Å². The molecule has 6 aliphatic rings. The summed E-state index contributed by atoms with van der Waals surface area (Å²) in [5, 5.41) is 8.61. The van der Waals surface area contributed by atoms with E-state index in [-0.39, 0.29) is 17.5 Å². The van der Waals surface area contributed by atoms with Gasteiger partial charge in [-0.15, -0.1) is 0 Å². The molecule has 0 atom stereocenters. The molecule has 2 aromatic heterocycles. The van der Waals surface area contributed by atoms with E-state index in [0.717, 1.165) is 236 Å². The Balaban J connectivity index is 0.813. The molecule has 0 unspecified atom stereocenters. The van der Waals surface area contributed by atoms with Crippen LogP contribution in [0.1, 0.15) is 103 Å². The lowest BCUT2D eigenvalue weighted by Crippen LogP contribution is -2.66. The van der Waals surface area contributed by atoms with E-state index in [1.807, 2.05) is 0 Å². The fraction of sp³-hybridized carbons (Fsp3) is 0.130. The van der Waals surface area contributed by atoms with Crippen molar-refractivity contribution in [3.8, 4) is 11.5 Å². The minimum absolute atomic E-state index is 0.245. The Labute approximate surface area is 848 Å². The van der Waals surface area contributed by atoms with E-state index in [4.69, 9.17) is 13.6 Å². The smallest absolute Gasteiger partial charge is 0.256 e. The van der Waals surface area contributed by atoms with Crippen molar-refractivity contribution in [1.29, 1.82) is 0 Å². The van der Waals surface area contributed by atoms with Crippen molar-refractivity contribution in [1.82, 2.24) is 0 Å². The highest BCUT2D eigenvalue weighted by Crippen LogP contribution is 2.58. The van der Waals surface area contributed by atoms with Gasteiger partial charge in [-0.1, -0.05) is 283 Å². The van der Waals surface area contributed by atoms with E-state index in [1.54, 1.807) is 0 Å². The molecule has 0 spiro atoms. The predicted octanol–water partition coefficient (Wildman–Crippen LogP) is 30.1. The lowest BCUT2D eigenvalue weighted by molar-refractivity contribution is 0.493. The Morgan fingerprint density at radius 3 is 1.02 bits per heavy atom. The number of nitrogens with zero attached hydrogens (tertiary/aromatic N) is 7. The van der Waals surface area contributed by atoms with Crippen molar-refractivity contribution in [3.05, 3.63) is 431 Å². The van der Waals surface area contributed by atoms with Gasteiger partial charge >= 0.3 is 0 Å². The van der Waals surface area contributed by atoms with Crippen LogP contribution < -0.4 is 93.5 Å². The number of rotatable bonds is 13. The normalized spacial score (nSPS) is 13.4. The second-order valence-electron chi connectivity index (χ2n) is 42.9. The van der Waals surface area contributed by atoms with E-state index in [1.165, 1.54) is 60.6 Å². The largest absolute Gasteiger partial charge is 0.457 e. The van der Waals surface area contributed by atoms with Crippen molar-refractivity contribution >= 4 is 244 Å². The van der Waals surface area contributed by atoms with Crippen LogP contribution in [-0.2, 0) is 10.8 Å². The first kappa shape index (κ1) is 87.2. The third kappa shape index (κ3) is 13.4. The second kappa shape index (κ2) is 32.6. The number of aryl methyl sites for hydroxylation is 9. The minimum atomic E-state index is -0.472. The molecule has 0 bridgehead atoms. The Hall–Kier alpha value is -16.8. The summed E-state index contributed by atoms with van der Waals surface area (Å²) >= 11 is 0. The maximum Gasteiger partial charge on any atom is 0.256 e. The van der Waals surface area contributed by atoms with Gasteiger partial charge in [0, 0.05) is 119 Å². The molecule has 0 aliphatic carbocycles. The topological polar surface area (TPSA) is 70.2 Å². The highest BCUT2D eigenvalue weighted by molar-refractivity contribution is 7.04. The fourth-order valence-corrected chi connectivity index (χ4v) is 25.8. The van der Waals surface area contributed by atoms with Gasteiger partial charge in [-0.2, -0.15) is 0 Å². The quantitative estimate of drug-likeness (QED) is 0.112. The molecule has 14 heteroatoms. The zero-order chi connectivity index (χ0) is 98.3. The van der Waals surface area contributed by atoms with Gasteiger partial charge in [0.2, 0.25) is 0 Å². The van der Waals surface area contributed by atoms with Crippen molar-refractivity contribution in [2.75, 3.05) is 39.6 Å². The van der Waals surface area contributed by atoms with Gasteiger partial charge in [0.15, 0.2) is 0 Å². The zero-order valence-electron chi connectivity index (χ0n) is 84.3. The standard InChI is InChI=1S/C131H107B3N8O3/c1-77-61-80(4)123(81(5)62-77)140-108-75-106-102(132-100-57-59-115-118(96-53-37-55-98(127(96)143-115)130(10,11)12)126(100)139(92-51-35-22-36-52-92)111-68-93(67-107(135-106)120(111)132)136(86-39-23-16-24-40-86)87-41-25-17-26-42-87)73-103(108)134-105-74-104-109(76-110(105)141(124-82(6)63-78(2)64-83(124)7)113-70-94(69-112(140)121(113)134)137(88-43-27-18-28-44-88)89-45-29-19-30-46-89)142(125-84(8)65-79(3)66-85(125)9)114-71-95(138(90-47-31-20-32-48-90)91-49-33-21-34-50-91)72-117-122(114)133(104)101-58-60-116-119(129(101)145-117)97-54-38-56-99(128(97)144-116)131(13,14)15/h16-76,135H,1-15H3. The van der Waals surface area contributed by atoms with Crippen LogP contribution in [-0.4, -0.2) is 20.1 Å². The number of hydrogen-bond donors (Lipinski definition) is 1. The molecule has 19 aromatic carbocycles. The average molecular weight is 1870 g/mol. The van der Waals surface area contributed by atoms with Gasteiger partial charge in [-0.05, 0) is 295 Å². The molecule has 27 rings (SSSR count). The summed E-state index contributed by atoms with van der Waals surface area (Å²) in [4.78, 5) is 18.0. The fourth-order valence-electron chi connectivity index (χ4n) is 25.8. The molecule has 8 heterocycles. The summed E-state index contributed by atoms with van der Waals surface area (Å²) in [7, 11) is 0. The van der Waals surface area contributed by atoms with Crippen molar-refractivity contribution in [3.63, 3.8) is 0 Å².